The zero-order valence-electron chi connectivity index (χ0n) is 12.2. The topological polar surface area (TPSA) is 70.7 Å². The molecule has 2 N–H and O–H groups in total. The molecule has 0 aliphatic carbocycles. The predicted octanol–water partition coefficient (Wildman–Crippen LogP) is 0.320. The summed E-state index contributed by atoms with van der Waals surface area (Å²) in [6, 6.07) is -0.00929. The van der Waals surface area contributed by atoms with Crippen LogP contribution in [0.2, 0.25) is 0 Å². The smallest absolute Gasteiger partial charge is 0.279 e. The fourth-order valence-electron chi connectivity index (χ4n) is 2.13. The SMILES string of the molecule is CCNCCCN(C)S(=O)(=O)NC1CCOC(C)C1. The van der Waals surface area contributed by atoms with Crippen LogP contribution in [0.15, 0.2) is 0 Å². The van der Waals surface area contributed by atoms with Crippen molar-refractivity contribution < 1.29 is 13.2 Å². The molecule has 2 atom stereocenters. The highest BCUT2D eigenvalue weighted by Crippen LogP contribution is 2.14. The van der Waals surface area contributed by atoms with E-state index < -0.39 is 10.2 Å². The van der Waals surface area contributed by atoms with Gasteiger partial charge in [-0.05, 0) is 39.3 Å². The number of nitrogens with one attached hydrogen (secondary N) is 2. The first-order valence-corrected chi connectivity index (χ1v) is 8.45. The number of rotatable bonds is 8. The van der Waals surface area contributed by atoms with Crippen molar-refractivity contribution in [3.8, 4) is 0 Å². The Balaban J connectivity index is 2.36. The molecule has 1 fully saturated rings. The van der Waals surface area contributed by atoms with E-state index in [1.165, 1.54) is 4.31 Å². The molecule has 19 heavy (non-hydrogen) atoms. The van der Waals surface area contributed by atoms with E-state index >= 15 is 0 Å². The summed E-state index contributed by atoms with van der Waals surface area (Å²) < 4.78 is 33.8. The highest BCUT2D eigenvalue weighted by atomic mass is 32.2. The lowest BCUT2D eigenvalue weighted by Crippen LogP contribution is -2.47. The molecule has 114 valence electrons. The predicted molar refractivity (Wildman–Crippen MR) is 76.3 cm³/mol. The Kier molecular flexibility index (Phi) is 7.23. The van der Waals surface area contributed by atoms with E-state index in [1.54, 1.807) is 7.05 Å². The Hall–Kier alpha value is -0.210. The molecule has 6 nitrogen and oxygen atoms in total. The summed E-state index contributed by atoms with van der Waals surface area (Å²) in [6.07, 6.45) is 2.43. The number of nitrogens with zero attached hydrogens (tertiary/aromatic N) is 1. The zero-order chi connectivity index (χ0) is 14.3. The van der Waals surface area contributed by atoms with E-state index in [9.17, 15) is 8.42 Å². The summed E-state index contributed by atoms with van der Waals surface area (Å²) in [6.45, 7) is 6.91. The Morgan fingerprint density at radius 1 is 1.42 bits per heavy atom. The molecular weight excluding hydrogens is 266 g/mol. The molecule has 0 spiro atoms. The highest BCUT2D eigenvalue weighted by Gasteiger charge is 2.26. The van der Waals surface area contributed by atoms with Gasteiger partial charge in [0.25, 0.3) is 10.2 Å². The first-order valence-electron chi connectivity index (χ1n) is 7.01. The van der Waals surface area contributed by atoms with Gasteiger partial charge in [0.2, 0.25) is 0 Å². The largest absolute Gasteiger partial charge is 0.378 e. The molecule has 1 aliphatic rings. The van der Waals surface area contributed by atoms with Crippen molar-refractivity contribution in [3.63, 3.8) is 0 Å². The van der Waals surface area contributed by atoms with Crippen molar-refractivity contribution in [1.29, 1.82) is 0 Å². The monoisotopic (exact) mass is 293 g/mol. The average molecular weight is 293 g/mol. The van der Waals surface area contributed by atoms with E-state index in [0.29, 0.717) is 13.2 Å². The van der Waals surface area contributed by atoms with Gasteiger partial charge in [0.15, 0.2) is 0 Å². The number of hydrogen-bond donors (Lipinski definition) is 2. The van der Waals surface area contributed by atoms with E-state index in [2.05, 4.69) is 10.0 Å². The molecule has 0 aromatic carbocycles. The number of hydrogen-bond acceptors (Lipinski definition) is 4. The molecule has 7 heteroatoms. The molecular formula is C12H27N3O3S. The minimum Gasteiger partial charge on any atom is -0.378 e. The highest BCUT2D eigenvalue weighted by molar-refractivity contribution is 7.87. The van der Waals surface area contributed by atoms with Gasteiger partial charge >= 0.3 is 0 Å². The normalized spacial score (nSPS) is 24.8. The molecule has 0 aromatic rings. The third-order valence-electron chi connectivity index (χ3n) is 3.29. The van der Waals surface area contributed by atoms with Gasteiger partial charge in [-0.25, -0.2) is 0 Å². The summed E-state index contributed by atoms with van der Waals surface area (Å²) >= 11 is 0. The van der Waals surface area contributed by atoms with Crippen molar-refractivity contribution in [2.75, 3.05) is 33.3 Å². The van der Waals surface area contributed by atoms with Crippen LogP contribution in [0.25, 0.3) is 0 Å². The molecule has 0 radical (unpaired) electrons. The van der Waals surface area contributed by atoms with Gasteiger partial charge in [0.05, 0.1) is 6.10 Å². The Labute approximate surface area is 117 Å². The third kappa shape index (κ3) is 6.18. The number of ether oxygens (including phenoxy) is 1. The first kappa shape index (κ1) is 16.8. The summed E-state index contributed by atoms with van der Waals surface area (Å²) in [4.78, 5) is 0. The lowest BCUT2D eigenvalue weighted by atomic mass is 10.1. The van der Waals surface area contributed by atoms with Gasteiger partial charge in [-0.2, -0.15) is 17.4 Å². The maximum absolute atomic E-state index is 12.1. The fourth-order valence-corrected chi connectivity index (χ4v) is 3.31. The van der Waals surface area contributed by atoms with Crippen LogP contribution in [-0.2, 0) is 14.9 Å². The van der Waals surface area contributed by atoms with Crippen LogP contribution in [0.4, 0.5) is 0 Å². The molecule has 1 aliphatic heterocycles. The van der Waals surface area contributed by atoms with E-state index in [-0.39, 0.29) is 12.1 Å². The minimum absolute atomic E-state index is 0.00929. The van der Waals surface area contributed by atoms with Crippen molar-refractivity contribution >= 4 is 10.2 Å². The van der Waals surface area contributed by atoms with Crippen molar-refractivity contribution in [2.24, 2.45) is 0 Å². The van der Waals surface area contributed by atoms with E-state index in [0.717, 1.165) is 32.4 Å². The standard InChI is InChI=1S/C12H27N3O3S/c1-4-13-7-5-8-15(3)19(16,17)14-12-6-9-18-11(2)10-12/h11-14H,4-10H2,1-3H3. The van der Waals surface area contributed by atoms with Gasteiger partial charge < -0.3 is 10.1 Å². The molecule has 2 unspecified atom stereocenters. The first-order chi connectivity index (χ1) is 8.95. The molecule has 0 bridgehead atoms. The van der Waals surface area contributed by atoms with E-state index in [4.69, 9.17) is 4.74 Å². The van der Waals surface area contributed by atoms with Crippen molar-refractivity contribution in [1.82, 2.24) is 14.3 Å². The third-order valence-corrected chi connectivity index (χ3v) is 4.92. The second-order valence-electron chi connectivity index (χ2n) is 5.05. The lowest BCUT2D eigenvalue weighted by molar-refractivity contribution is 0.0171. The molecule has 1 rings (SSSR count). The van der Waals surface area contributed by atoms with Crippen molar-refractivity contribution in [2.45, 2.75) is 45.3 Å². The Morgan fingerprint density at radius 3 is 2.79 bits per heavy atom. The average Bonchev–Trinajstić information content (AvgIpc) is 2.33. The molecule has 0 saturated carbocycles. The van der Waals surface area contributed by atoms with Gasteiger partial charge in [0.1, 0.15) is 0 Å². The van der Waals surface area contributed by atoms with Crippen LogP contribution in [0.1, 0.15) is 33.1 Å². The maximum Gasteiger partial charge on any atom is 0.279 e. The second-order valence-corrected chi connectivity index (χ2v) is 6.86. The van der Waals surface area contributed by atoms with Crippen molar-refractivity contribution in [3.05, 3.63) is 0 Å². The van der Waals surface area contributed by atoms with Gasteiger partial charge in [-0.1, -0.05) is 6.92 Å². The van der Waals surface area contributed by atoms with E-state index in [1.807, 2.05) is 13.8 Å². The summed E-state index contributed by atoms with van der Waals surface area (Å²) in [7, 11) is -1.75. The van der Waals surface area contributed by atoms with Crippen LogP contribution < -0.4 is 10.0 Å². The fraction of sp³-hybridized carbons (Fsp3) is 1.00. The quantitative estimate of drug-likeness (QED) is 0.632. The molecule has 1 heterocycles. The Morgan fingerprint density at radius 2 is 2.16 bits per heavy atom. The van der Waals surface area contributed by atoms with Crippen LogP contribution in [0, 0.1) is 0 Å². The van der Waals surface area contributed by atoms with Crippen LogP contribution in [-0.4, -0.2) is 58.2 Å². The van der Waals surface area contributed by atoms with Crippen LogP contribution in [0.3, 0.4) is 0 Å². The van der Waals surface area contributed by atoms with Crippen LogP contribution in [0.5, 0.6) is 0 Å². The zero-order valence-corrected chi connectivity index (χ0v) is 13.0. The minimum atomic E-state index is -3.37. The summed E-state index contributed by atoms with van der Waals surface area (Å²) in [5.41, 5.74) is 0. The Bertz CT molecular complexity index is 348. The van der Waals surface area contributed by atoms with Crippen LogP contribution >= 0.6 is 0 Å². The summed E-state index contributed by atoms with van der Waals surface area (Å²) in [5.74, 6) is 0. The van der Waals surface area contributed by atoms with Gasteiger partial charge in [-0.3, -0.25) is 0 Å². The molecule has 1 saturated heterocycles. The lowest BCUT2D eigenvalue weighted by Gasteiger charge is -2.29. The second kappa shape index (κ2) is 8.16. The van der Waals surface area contributed by atoms with Gasteiger partial charge in [-0.15, -0.1) is 0 Å². The van der Waals surface area contributed by atoms with Gasteiger partial charge in [0, 0.05) is 26.2 Å². The summed E-state index contributed by atoms with van der Waals surface area (Å²) in [5, 5.41) is 3.18. The maximum atomic E-state index is 12.1. The molecule has 0 amide bonds. The molecule has 0 aromatic heterocycles.